The number of aliphatic imine (C=N–C) groups is 3. The number of amidine groups is 1. The van der Waals surface area contributed by atoms with Crippen LogP contribution in [0.4, 0.5) is 5.82 Å². The molecule has 10 atom stereocenters. The number of nitrogens with two attached hydrogens (primary N) is 2. The van der Waals surface area contributed by atoms with Crippen molar-refractivity contribution >= 4 is 37.7 Å². The van der Waals surface area contributed by atoms with Crippen LogP contribution in [0.3, 0.4) is 0 Å². The van der Waals surface area contributed by atoms with Crippen LogP contribution in [0.2, 0.25) is 0 Å². The van der Waals surface area contributed by atoms with E-state index in [9.17, 15) is 44.4 Å². The number of hydrogen-bond acceptors (Lipinski definition) is 16. The largest absolute Gasteiger partial charge is 0.469 e. The minimum atomic E-state index is -5.39. The average Bonchev–Trinajstić information content (AvgIpc) is 3.51. The first-order chi connectivity index (χ1) is 18.8. The lowest BCUT2D eigenvalue weighted by Gasteiger charge is -2.34. The number of rotatable bonds is 7. The van der Waals surface area contributed by atoms with E-state index in [0.717, 1.165) is 22.0 Å². The molecule has 1 amide bonds. The first kappa shape index (κ1) is 28.4. The Morgan fingerprint density at radius 1 is 1.07 bits per heavy atom. The van der Waals surface area contributed by atoms with Gasteiger partial charge in [-0.05, 0) is 6.07 Å². The summed E-state index contributed by atoms with van der Waals surface area (Å²) in [5, 5.41) is 42.9. The number of anilines is 1. The minimum Gasteiger partial charge on any atom is -0.394 e. The molecule has 4 aliphatic rings. The fraction of sp³-hybridized carbons (Fsp3) is 0.579. The number of aromatic nitrogens is 2. The molecule has 0 saturated carbocycles. The monoisotopic (exact) mass is 588 g/mol. The van der Waals surface area contributed by atoms with Gasteiger partial charge in [0.25, 0.3) is 5.91 Å². The molecule has 0 spiro atoms. The lowest BCUT2D eigenvalue weighted by atomic mass is 9.86. The Hall–Kier alpha value is -3.17. The zero-order chi connectivity index (χ0) is 29.1. The molecule has 40 heavy (non-hydrogen) atoms. The van der Waals surface area contributed by atoms with Gasteiger partial charge in [-0.15, -0.1) is 0 Å². The highest BCUT2D eigenvalue weighted by molar-refractivity contribution is 7.46. The van der Waals surface area contributed by atoms with Gasteiger partial charge in [0, 0.05) is 12.1 Å². The number of ether oxygens (including phenoxy) is 2. The van der Waals surface area contributed by atoms with E-state index in [-0.39, 0.29) is 17.6 Å². The SMILES string of the molecule is NC1=NC(=O)C2N=CN(C3OC(CO)C(C(OP(=O)(O)O)C4OC(n5ccc(N)nc5=O)C(O)C4O)C3O)C2=N1. The second kappa shape index (κ2) is 10.3. The number of carbonyl (C=O) groups excluding carboxylic acids is 1. The predicted octanol–water partition coefficient (Wildman–Crippen LogP) is -5.42. The lowest BCUT2D eigenvalue weighted by molar-refractivity contribution is -0.119. The molecule has 5 heterocycles. The van der Waals surface area contributed by atoms with Crippen LogP contribution < -0.4 is 17.2 Å². The van der Waals surface area contributed by atoms with Gasteiger partial charge in [0.2, 0.25) is 5.96 Å². The number of aliphatic hydroxyl groups excluding tert-OH is 4. The highest BCUT2D eigenvalue weighted by Gasteiger charge is 2.59. The van der Waals surface area contributed by atoms with Crippen LogP contribution in [0.1, 0.15) is 6.23 Å². The maximum absolute atomic E-state index is 12.3. The van der Waals surface area contributed by atoms with Gasteiger partial charge in [-0.25, -0.2) is 9.36 Å². The van der Waals surface area contributed by atoms with Crippen molar-refractivity contribution in [3.05, 3.63) is 22.7 Å². The molecule has 21 heteroatoms. The maximum Gasteiger partial charge on any atom is 0.469 e. The number of amides is 1. The Morgan fingerprint density at radius 3 is 2.45 bits per heavy atom. The van der Waals surface area contributed by atoms with Crippen LogP contribution in [0.5, 0.6) is 0 Å². The zero-order valence-electron chi connectivity index (χ0n) is 20.1. The molecule has 4 aliphatic heterocycles. The standard InChI is InChI=1S/C19H25N8O12P/c20-6-1-2-26(19(33)23-6)17-11(31)10(30)13(38-17)12(39-40(34,35)36)7-5(3-28)37-16(9(7)29)27-4-22-8-14(27)24-18(21)25-15(8)32/h1-2,4-5,7-13,16-17,28-31H,3H2,(H2,20,23,33)(H2,21,25,32)(H2,34,35,36). The van der Waals surface area contributed by atoms with Gasteiger partial charge < -0.3 is 51.2 Å². The number of aliphatic hydroxyl groups is 4. The number of guanidine groups is 1. The van der Waals surface area contributed by atoms with E-state index in [1.165, 1.54) is 6.07 Å². The number of carbonyl (C=O) groups is 1. The van der Waals surface area contributed by atoms with Gasteiger partial charge in [0.05, 0.1) is 19.0 Å². The number of hydrogen-bond donors (Lipinski definition) is 8. The molecular formula is C19H25N8O12P. The lowest BCUT2D eigenvalue weighted by Crippen LogP contribution is -2.52. The normalized spacial score (nSPS) is 36.5. The molecule has 20 nitrogen and oxygen atoms in total. The van der Waals surface area contributed by atoms with Gasteiger partial charge >= 0.3 is 13.5 Å². The van der Waals surface area contributed by atoms with Crippen LogP contribution in [-0.4, -0.2) is 124 Å². The van der Waals surface area contributed by atoms with Gasteiger partial charge in [-0.1, -0.05) is 0 Å². The van der Waals surface area contributed by atoms with E-state index < -0.39 is 87.1 Å². The maximum atomic E-state index is 12.3. The third-order valence-electron chi connectivity index (χ3n) is 6.78. The summed E-state index contributed by atoms with van der Waals surface area (Å²) in [6.07, 6.45) is -11.5. The molecule has 0 bridgehead atoms. The van der Waals surface area contributed by atoms with Crippen LogP contribution in [-0.2, 0) is 23.4 Å². The Labute approximate surface area is 223 Å². The Kier molecular flexibility index (Phi) is 7.33. The molecule has 2 fully saturated rings. The van der Waals surface area contributed by atoms with Crippen LogP contribution in [0.25, 0.3) is 0 Å². The average molecular weight is 588 g/mol. The molecule has 2 saturated heterocycles. The number of fused-ring (bicyclic) bond motifs is 1. The first-order valence-corrected chi connectivity index (χ1v) is 13.2. The van der Waals surface area contributed by atoms with Crippen molar-refractivity contribution in [2.24, 2.45) is 26.6 Å². The topological polar surface area (TPSA) is 310 Å². The Balaban J connectivity index is 1.48. The number of nitrogens with zero attached hydrogens (tertiary/aromatic N) is 6. The minimum absolute atomic E-state index is 0.0609. The summed E-state index contributed by atoms with van der Waals surface area (Å²) in [6.45, 7) is -0.821. The van der Waals surface area contributed by atoms with Gasteiger partial charge in [-0.2, -0.15) is 15.0 Å². The molecule has 10 unspecified atom stereocenters. The van der Waals surface area contributed by atoms with Crippen molar-refractivity contribution in [3.8, 4) is 0 Å². The predicted molar refractivity (Wildman–Crippen MR) is 129 cm³/mol. The molecule has 0 radical (unpaired) electrons. The number of phosphoric ester groups is 1. The van der Waals surface area contributed by atoms with E-state index in [1.54, 1.807) is 0 Å². The number of nitrogen functional groups attached to an aromatic ring is 1. The van der Waals surface area contributed by atoms with Crippen LogP contribution in [0.15, 0.2) is 32.0 Å². The summed E-state index contributed by atoms with van der Waals surface area (Å²) in [6, 6.07) is 0.0302. The quantitative estimate of drug-likeness (QED) is 0.138. The van der Waals surface area contributed by atoms with Crippen molar-refractivity contribution in [1.29, 1.82) is 0 Å². The summed E-state index contributed by atoms with van der Waals surface area (Å²) in [5.41, 5.74) is 10.1. The summed E-state index contributed by atoms with van der Waals surface area (Å²) in [7, 11) is -5.39. The summed E-state index contributed by atoms with van der Waals surface area (Å²) < 4.78 is 29.1. The highest BCUT2D eigenvalue weighted by atomic mass is 31.2. The number of phosphoric acid groups is 1. The van der Waals surface area contributed by atoms with Crippen LogP contribution in [0, 0.1) is 5.92 Å². The van der Waals surface area contributed by atoms with Crippen molar-refractivity contribution < 1.29 is 53.6 Å². The fourth-order valence-corrected chi connectivity index (χ4v) is 5.66. The van der Waals surface area contributed by atoms with E-state index >= 15 is 0 Å². The molecule has 10 N–H and O–H groups in total. The van der Waals surface area contributed by atoms with Gasteiger partial charge in [0.1, 0.15) is 36.3 Å². The molecule has 5 rings (SSSR count). The molecule has 0 aromatic carbocycles. The van der Waals surface area contributed by atoms with Crippen molar-refractivity contribution in [2.45, 2.75) is 55.1 Å². The van der Waals surface area contributed by atoms with Crippen molar-refractivity contribution in [3.63, 3.8) is 0 Å². The first-order valence-electron chi connectivity index (χ1n) is 11.6. The smallest absolute Gasteiger partial charge is 0.394 e. The molecule has 1 aromatic heterocycles. The molecule has 0 aliphatic carbocycles. The van der Waals surface area contributed by atoms with Crippen molar-refractivity contribution in [2.75, 3.05) is 12.3 Å². The summed E-state index contributed by atoms with van der Waals surface area (Å²) >= 11 is 0. The molecular weight excluding hydrogens is 563 g/mol. The Morgan fingerprint density at radius 2 is 1.80 bits per heavy atom. The fourth-order valence-electron chi connectivity index (χ4n) is 5.09. The van der Waals surface area contributed by atoms with Crippen molar-refractivity contribution in [1.82, 2.24) is 14.5 Å². The summed E-state index contributed by atoms with van der Waals surface area (Å²) in [4.78, 5) is 59.9. The highest BCUT2D eigenvalue weighted by Crippen LogP contribution is 2.47. The van der Waals surface area contributed by atoms with E-state index in [4.69, 9.17) is 25.5 Å². The van der Waals surface area contributed by atoms with E-state index in [2.05, 4.69) is 20.0 Å². The second-order valence-corrected chi connectivity index (χ2v) is 10.4. The molecule has 218 valence electrons. The van der Waals surface area contributed by atoms with Crippen LogP contribution >= 0.6 is 7.82 Å². The second-order valence-electron chi connectivity index (χ2n) is 9.24. The van der Waals surface area contributed by atoms with E-state index in [1.807, 2.05) is 0 Å². The van der Waals surface area contributed by atoms with Gasteiger partial charge in [0.15, 0.2) is 24.3 Å². The zero-order valence-corrected chi connectivity index (χ0v) is 21.0. The molecule has 1 aromatic rings. The summed E-state index contributed by atoms with van der Waals surface area (Å²) in [5.74, 6) is -2.85. The van der Waals surface area contributed by atoms with Gasteiger partial charge in [-0.3, -0.25) is 23.8 Å². The third kappa shape index (κ3) is 4.94. The van der Waals surface area contributed by atoms with E-state index in [0.29, 0.717) is 0 Å². The Bertz CT molecular complexity index is 1380. The third-order valence-corrected chi connectivity index (χ3v) is 7.30.